The Balaban J connectivity index is 1.29. The number of furan rings is 1. The number of fused-ring (bicyclic) bond motifs is 9. The number of rotatable bonds is 3. The van der Waals surface area contributed by atoms with Gasteiger partial charge in [-0.05, 0) is 105 Å². The molecular weight excluding hydrogens is 697 g/mol. The van der Waals surface area contributed by atoms with Crippen LogP contribution in [-0.2, 0) is 16.2 Å². The van der Waals surface area contributed by atoms with E-state index in [0.29, 0.717) is 0 Å². The van der Waals surface area contributed by atoms with Crippen LogP contribution in [0.2, 0.25) is 0 Å². The topological polar surface area (TPSA) is 59.6 Å². The van der Waals surface area contributed by atoms with Gasteiger partial charge in [-0.15, -0.1) is 0 Å². The Hall–Kier alpha value is -6.20. The van der Waals surface area contributed by atoms with Gasteiger partial charge in [-0.2, -0.15) is 0 Å². The first-order valence-corrected chi connectivity index (χ1v) is 20.1. The monoisotopic (exact) mass is 744 g/mol. The van der Waals surface area contributed by atoms with Gasteiger partial charge < -0.3 is 9.40 Å². The van der Waals surface area contributed by atoms with E-state index in [0.717, 1.165) is 77.5 Å². The molecular formula is C52H48N4O. The van der Waals surface area contributed by atoms with Gasteiger partial charge in [-0.1, -0.05) is 111 Å². The maximum Gasteiger partial charge on any atom is 0.183 e. The van der Waals surface area contributed by atoms with Crippen LogP contribution in [0.4, 0.5) is 0 Å². The molecule has 10 rings (SSSR count). The number of nitrogens with one attached hydrogen (secondary N) is 1. The zero-order chi connectivity index (χ0) is 39.6. The van der Waals surface area contributed by atoms with Crippen molar-refractivity contribution in [2.75, 3.05) is 0 Å². The molecule has 282 valence electrons. The number of nitrogens with zero attached hydrogens (tertiary/aromatic N) is 3. The van der Waals surface area contributed by atoms with Crippen LogP contribution in [0, 0.1) is 0 Å². The van der Waals surface area contributed by atoms with E-state index in [1.54, 1.807) is 0 Å². The van der Waals surface area contributed by atoms with E-state index < -0.39 is 0 Å². The first-order valence-electron chi connectivity index (χ1n) is 20.1. The van der Waals surface area contributed by atoms with E-state index >= 15 is 0 Å². The van der Waals surface area contributed by atoms with Gasteiger partial charge in [-0.25, -0.2) is 9.97 Å². The summed E-state index contributed by atoms with van der Waals surface area (Å²) in [5.74, 6) is 0.730. The van der Waals surface area contributed by atoms with Crippen LogP contribution in [0.1, 0.15) is 79.0 Å². The lowest BCUT2D eigenvalue weighted by molar-refractivity contribution is 0.590. The zero-order valence-electron chi connectivity index (χ0n) is 34.3. The lowest BCUT2D eigenvalue weighted by Gasteiger charge is -2.24. The molecule has 0 radical (unpaired) electrons. The van der Waals surface area contributed by atoms with Gasteiger partial charge in [0.25, 0.3) is 0 Å². The molecule has 5 aromatic carbocycles. The van der Waals surface area contributed by atoms with Crippen LogP contribution in [0.3, 0.4) is 0 Å². The lowest BCUT2D eigenvalue weighted by atomic mass is 9.81. The third-order valence-electron chi connectivity index (χ3n) is 11.8. The second-order valence-corrected chi connectivity index (χ2v) is 18.9. The Bertz CT molecular complexity index is 3190. The minimum absolute atomic E-state index is 0.0424. The number of hydrogen-bond acceptors (Lipinski definition) is 3. The van der Waals surface area contributed by atoms with Crippen LogP contribution in [0.15, 0.2) is 126 Å². The highest BCUT2D eigenvalue weighted by Gasteiger charge is 2.25. The number of pyridine rings is 2. The third-order valence-corrected chi connectivity index (χ3v) is 11.8. The molecule has 0 aliphatic rings. The highest BCUT2D eigenvalue weighted by atomic mass is 16.3. The molecule has 5 aromatic heterocycles. The molecule has 0 bridgehead atoms. The molecule has 10 aromatic rings. The molecule has 0 unspecified atom stereocenters. The van der Waals surface area contributed by atoms with Crippen molar-refractivity contribution in [3.63, 3.8) is 0 Å². The quantitative estimate of drug-likeness (QED) is 0.196. The molecule has 5 nitrogen and oxygen atoms in total. The van der Waals surface area contributed by atoms with Crippen molar-refractivity contribution in [3.8, 4) is 28.2 Å². The Labute approximate surface area is 333 Å². The molecule has 0 amide bonds. The van der Waals surface area contributed by atoms with E-state index in [1.807, 2.05) is 24.4 Å². The minimum atomic E-state index is -0.125. The molecule has 5 heterocycles. The van der Waals surface area contributed by atoms with Crippen LogP contribution in [0.25, 0.3) is 93.9 Å². The number of benzene rings is 5. The Kier molecular flexibility index (Phi) is 7.51. The molecule has 0 saturated carbocycles. The predicted molar refractivity (Wildman–Crippen MR) is 240 cm³/mol. The van der Waals surface area contributed by atoms with Gasteiger partial charge in [-0.3, -0.25) is 4.57 Å². The van der Waals surface area contributed by atoms with Crippen LogP contribution >= 0.6 is 0 Å². The van der Waals surface area contributed by atoms with Crippen LogP contribution < -0.4 is 0 Å². The highest BCUT2D eigenvalue weighted by Crippen LogP contribution is 2.43. The van der Waals surface area contributed by atoms with Gasteiger partial charge in [0.05, 0.1) is 16.7 Å². The Morgan fingerprint density at radius 1 is 0.544 bits per heavy atom. The maximum atomic E-state index is 6.70. The van der Waals surface area contributed by atoms with Crippen molar-refractivity contribution in [1.29, 1.82) is 0 Å². The molecule has 0 spiro atoms. The molecule has 57 heavy (non-hydrogen) atoms. The number of hydrogen-bond donors (Lipinski definition) is 1. The first-order chi connectivity index (χ1) is 27.1. The van der Waals surface area contributed by atoms with Gasteiger partial charge in [0.2, 0.25) is 0 Å². The fourth-order valence-electron chi connectivity index (χ4n) is 8.51. The average Bonchev–Trinajstić information content (AvgIpc) is 3.85. The van der Waals surface area contributed by atoms with Crippen molar-refractivity contribution in [3.05, 3.63) is 138 Å². The summed E-state index contributed by atoms with van der Waals surface area (Å²) in [6.45, 7) is 20.7. The molecule has 5 heteroatoms. The summed E-state index contributed by atoms with van der Waals surface area (Å²) >= 11 is 0. The summed E-state index contributed by atoms with van der Waals surface area (Å²) < 4.78 is 8.88. The minimum Gasteiger partial charge on any atom is -0.452 e. The SMILES string of the molecule is CC(C)(C)c1cc(-c2cc3c(oc4ccccc43)c(-n3c4ccccc4c4cccnc43)n2)cc(-c2cc(C(C)(C)C)cc3c2[nH]c2ccc(C(C)(C)C)cc23)c1. The summed E-state index contributed by atoms with van der Waals surface area (Å²) in [5, 5.41) is 6.82. The van der Waals surface area contributed by atoms with E-state index in [2.05, 4.69) is 169 Å². The number of aromatic amines is 1. The van der Waals surface area contributed by atoms with Gasteiger partial charge in [0.1, 0.15) is 11.2 Å². The first kappa shape index (κ1) is 35.2. The zero-order valence-corrected chi connectivity index (χ0v) is 34.3. The molecule has 0 saturated heterocycles. The Morgan fingerprint density at radius 2 is 1.21 bits per heavy atom. The van der Waals surface area contributed by atoms with E-state index in [-0.39, 0.29) is 16.2 Å². The summed E-state index contributed by atoms with van der Waals surface area (Å²) in [5.41, 5.74) is 13.8. The lowest BCUT2D eigenvalue weighted by Crippen LogP contribution is -2.12. The van der Waals surface area contributed by atoms with Crippen LogP contribution in [0.5, 0.6) is 0 Å². The Morgan fingerprint density at radius 3 is 1.98 bits per heavy atom. The molecule has 0 aliphatic heterocycles. The second-order valence-electron chi connectivity index (χ2n) is 18.9. The average molecular weight is 745 g/mol. The van der Waals surface area contributed by atoms with E-state index in [4.69, 9.17) is 14.4 Å². The normalized spacial score (nSPS) is 13.0. The fourth-order valence-corrected chi connectivity index (χ4v) is 8.51. The van der Waals surface area contributed by atoms with Crippen molar-refractivity contribution >= 4 is 65.7 Å². The smallest absolute Gasteiger partial charge is 0.183 e. The second kappa shape index (κ2) is 12.1. The third kappa shape index (κ3) is 5.66. The van der Waals surface area contributed by atoms with Crippen molar-refractivity contribution < 1.29 is 4.42 Å². The number of para-hydroxylation sites is 2. The standard InChI is InChI=1S/C52H48N4O/c1-50(2,3)32-20-21-42-39(26-32)40-28-34(52(7,8)9)27-38(46(40)54-42)30-23-31(25-33(24-30)51(4,5)6)43-29-41-36-16-11-13-19-45(36)57-47(41)49(55-43)56-44-18-12-10-15-35(44)37-17-14-22-53-48(37)56/h10-29,54H,1-9H3. The predicted octanol–water partition coefficient (Wildman–Crippen LogP) is 14.3. The van der Waals surface area contributed by atoms with E-state index in [1.165, 1.54) is 33.0 Å². The molecule has 0 atom stereocenters. The fraction of sp³-hybridized carbons (Fsp3) is 0.231. The maximum absolute atomic E-state index is 6.70. The molecule has 0 fully saturated rings. The van der Waals surface area contributed by atoms with Gasteiger partial charge in [0.15, 0.2) is 11.4 Å². The molecule has 1 N–H and O–H groups in total. The summed E-state index contributed by atoms with van der Waals surface area (Å²) in [6.07, 6.45) is 1.86. The van der Waals surface area contributed by atoms with E-state index in [9.17, 15) is 0 Å². The number of H-pyrrole nitrogens is 1. The number of aromatic nitrogens is 4. The largest absolute Gasteiger partial charge is 0.452 e. The van der Waals surface area contributed by atoms with Gasteiger partial charge in [0, 0.05) is 55.2 Å². The summed E-state index contributed by atoms with van der Waals surface area (Å²) in [4.78, 5) is 14.4. The van der Waals surface area contributed by atoms with Crippen molar-refractivity contribution in [1.82, 2.24) is 19.5 Å². The van der Waals surface area contributed by atoms with Crippen LogP contribution in [-0.4, -0.2) is 19.5 Å². The highest BCUT2D eigenvalue weighted by molar-refractivity contribution is 6.14. The summed E-state index contributed by atoms with van der Waals surface area (Å²) in [7, 11) is 0. The van der Waals surface area contributed by atoms with Crippen molar-refractivity contribution in [2.45, 2.75) is 78.6 Å². The summed E-state index contributed by atoms with van der Waals surface area (Å²) in [6, 6.07) is 41.9. The van der Waals surface area contributed by atoms with Crippen molar-refractivity contribution in [2.24, 2.45) is 0 Å². The van der Waals surface area contributed by atoms with Gasteiger partial charge >= 0.3 is 0 Å². The molecule has 0 aliphatic carbocycles.